The molecular weight excluding hydrogens is 268 g/mol. The third kappa shape index (κ3) is 4.72. The Hall–Kier alpha value is -0.640. The average Bonchev–Trinajstić information content (AvgIpc) is 2.36. The van der Waals surface area contributed by atoms with Crippen LogP contribution in [-0.4, -0.2) is 29.4 Å². The SMILES string of the molecule is CC(CN(C)C(=O)C1CCC(C(C)(C)C)CC1)C(N)=S. The van der Waals surface area contributed by atoms with Crippen LogP contribution in [0.5, 0.6) is 0 Å². The van der Waals surface area contributed by atoms with Gasteiger partial charge in [0.1, 0.15) is 0 Å². The van der Waals surface area contributed by atoms with Gasteiger partial charge in [0.25, 0.3) is 0 Å². The Bertz CT molecular complexity index is 354. The highest BCUT2D eigenvalue weighted by atomic mass is 32.1. The highest BCUT2D eigenvalue weighted by Gasteiger charge is 2.33. The molecule has 0 spiro atoms. The topological polar surface area (TPSA) is 46.3 Å². The molecule has 0 aromatic heterocycles. The van der Waals surface area contributed by atoms with E-state index in [0.717, 1.165) is 18.8 Å². The van der Waals surface area contributed by atoms with Gasteiger partial charge < -0.3 is 10.6 Å². The van der Waals surface area contributed by atoms with Crippen LogP contribution in [0.1, 0.15) is 53.4 Å². The second kappa shape index (κ2) is 6.88. The lowest BCUT2D eigenvalue weighted by Crippen LogP contribution is -2.40. The summed E-state index contributed by atoms with van der Waals surface area (Å²) in [7, 11) is 1.87. The molecule has 4 heteroatoms. The number of amides is 1. The van der Waals surface area contributed by atoms with Gasteiger partial charge in [-0.1, -0.05) is 39.9 Å². The predicted molar refractivity (Wildman–Crippen MR) is 88.5 cm³/mol. The van der Waals surface area contributed by atoms with Crippen molar-refractivity contribution in [3.8, 4) is 0 Å². The Labute approximate surface area is 129 Å². The summed E-state index contributed by atoms with van der Waals surface area (Å²) >= 11 is 4.98. The zero-order valence-corrected chi connectivity index (χ0v) is 14.4. The van der Waals surface area contributed by atoms with Gasteiger partial charge in [-0.2, -0.15) is 0 Å². The van der Waals surface area contributed by atoms with Crippen molar-refractivity contribution in [2.75, 3.05) is 13.6 Å². The molecule has 2 N–H and O–H groups in total. The molecule has 20 heavy (non-hydrogen) atoms. The van der Waals surface area contributed by atoms with Crippen LogP contribution in [0.15, 0.2) is 0 Å². The van der Waals surface area contributed by atoms with Crippen molar-refractivity contribution in [1.29, 1.82) is 0 Å². The summed E-state index contributed by atoms with van der Waals surface area (Å²) in [5.74, 6) is 1.29. The maximum atomic E-state index is 12.5. The Balaban J connectivity index is 2.48. The van der Waals surface area contributed by atoms with Crippen molar-refractivity contribution in [1.82, 2.24) is 4.90 Å². The molecule has 1 unspecified atom stereocenters. The largest absolute Gasteiger partial charge is 0.393 e. The fraction of sp³-hybridized carbons (Fsp3) is 0.875. The number of rotatable bonds is 4. The van der Waals surface area contributed by atoms with Gasteiger partial charge in [-0.05, 0) is 37.0 Å². The Morgan fingerprint density at radius 2 is 1.80 bits per heavy atom. The molecule has 1 saturated carbocycles. The summed E-state index contributed by atoms with van der Waals surface area (Å²) < 4.78 is 0. The van der Waals surface area contributed by atoms with E-state index in [4.69, 9.17) is 18.0 Å². The molecule has 116 valence electrons. The fourth-order valence-corrected chi connectivity index (χ4v) is 3.18. The second-order valence-corrected chi connectivity index (χ2v) is 7.91. The zero-order valence-electron chi connectivity index (χ0n) is 13.6. The molecular formula is C16H30N2OS. The van der Waals surface area contributed by atoms with Crippen LogP contribution in [0.2, 0.25) is 0 Å². The first-order valence-corrected chi connectivity index (χ1v) is 8.08. The highest BCUT2D eigenvalue weighted by Crippen LogP contribution is 2.40. The molecule has 0 aromatic rings. The van der Waals surface area contributed by atoms with E-state index < -0.39 is 0 Å². The number of carbonyl (C=O) groups is 1. The van der Waals surface area contributed by atoms with E-state index in [-0.39, 0.29) is 17.7 Å². The third-order valence-corrected chi connectivity index (χ3v) is 5.11. The molecule has 1 aliphatic carbocycles. The molecule has 0 aromatic carbocycles. The quantitative estimate of drug-likeness (QED) is 0.811. The summed E-state index contributed by atoms with van der Waals surface area (Å²) in [5, 5.41) is 0. The highest BCUT2D eigenvalue weighted by molar-refractivity contribution is 7.80. The van der Waals surface area contributed by atoms with Gasteiger partial charge in [0, 0.05) is 25.4 Å². The monoisotopic (exact) mass is 298 g/mol. The predicted octanol–water partition coefficient (Wildman–Crippen LogP) is 3.22. The summed E-state index contributed by atoms with van der Waals surface area (Å²) in [6, 6.07) is 0. The summed E-state index contributed by atoms with van der Waals surface area (Å²) in [5.41, 5.74) is 5.98. The van der Waals surface area contributed by atoms with Crippen LogP contribution in [-0.2, 0) is 4.79 Å². The second-order valence-electron chi connectivity index (χ2n) is 7.44. The van der Waals surface area contributed by atoms with E-state index in [2.05, 4.69) is 20.8 Å². The van der Waals surface area contributed by atoms with Crippen LogP contribution in [0.4, 0.5) is 0 Å². The first-order chi connectivity index (χ1) is 9.12. The molecule has 3 nitrogen and oxygen atoms in total. The van der Waals surface area contributed by atoms with E-state index in [0.29, 0.717) is 16.9 Å². The molecule has 1 aliphatic rings. The average molecular weight is 298 g/mol. The molecule has 0 aliphatic heterocycles. The van der Waals surface area contributed by atoms with Crippen LogP contribution in [0, 0.1) is 23.2 Å². The Kier molecular flexibility index (Phi) is 5.99. The van der Waals surface area contributed by atoms with E-state index in [1.54, 1.807) is 0 Å². The first-order valence-electron chi connectivity index (χ1n) is 7.67. The number of nitrogens with two attached hydrogens (primary N) is 1. The maximum absolute atomic E-state index is 12.5. The minimum Gasteiger partial charge on any atom is -0.393 e. The number of nitrogens with zero attached hydrogens (tertiary/aromatic N) is 1. The van der Waals surface area contributed by atoms with E-state index in [1.165, 1.54) is 12.8 Å². The minimum atomic E-state index is 0.0878. The molecule has 0 radical (unpaired) electrons. The van der Waals surface area contributed by atoms with Gasteiger partial charge in [-0.25, -0.2) is 0 Å². The lowest BCUT2D eigenvalue weighted by atomic mass is 9.69. The normalized spacial score (nSPS) is 25.1. The van der Waals surface area contributed by atoms with Gasteiger partial charge >= 0.3 is 0 Å². The van der Waals surface area contributed by atoms with Gasteiger partial charge in [-0.3, -0.25) is 4.79 Å². The van der Waals surface area contributed by atoms with Crippen LogP contribution in [0.3, 0.4) is 0 Å². The Morgan fingerprint density at radius 3 is 2.20 bits per heavy atom. The molecule has 1 atom stereocenters. The number of carbonyl (C=O) groups excluding carboxylic acids is 1. The lowest BCUT2D eigenvalue weighted by molar-refractivity contribution is -0.136. The van der Waals surface area contributed by atoms with E-state index in [9.17, 15) is 4.79 Å². The Morgan fingerprint density at radius 1 is 1.30 bits per heavy atom. The molecule has 1 amide bonds. The van der Waals surface area contributed by atoms with E-state index in [1.807, 2.05) is 18.9 Å². The summed E-state index contributed by atoms with van der Waals surface area (Å²) in [6.45, 7) is 9.51. The maximum Gasteiger partial charge on any atom is 0.225 e. The number of hydrogen-bond acceptors (Lipinski definition) is 2. The summed E-state index contributed by atoms with van der Waals surface area (Å²) in [4.78, 5) is 14.8. The molecule has 0 heterocycles. The van der Waals surface area contributed by atoms with Crippen molar-refractivity contribution in [3.05, 3.63) is 0 Å². The van der Waals surface area contributed by atoms with Crippen molar-refractivity contribution in [2.45, 2.75) is 53.4 Å². The van der Waals surface area contributed by atoms with Gasteiger partial charge in [0.05, 0.1) is 4.99 Å². The standard InChI is InChI=1S/C16H30N2OS/c1-11(14(17)20)10-18(5)15(19)12-6-8-13(9-7-12)16(2,3)4/h11-13H,6-10H2,1-5H3,(H2,17,20). The molecule has 0 bridgehead atoms. The van der Waals surface area contributed by atoms with Crippen LogP contribution in [0.25, 0.3) is 0 Å². The van der Waals surface area contributed by atoms with Crippen molar-refractivity contribution < 1.29 is 4.79 Å². The first kappa shape index (κ1) is 17.4. The third-order valence-electron chi connectivity index (χ3n) is 4.71. The van der Waals surface area contributed by atoms with Gasteiger partial charge in [0.15, 0.2) is 0 Å². The van der Waals surface area contributed by atoms with Crippen molar-refractivity contribution in [2.24, 2.45) is 28.9 Å². The molecule has 0 saturated heterocycles. The number of thiocarbonyl (C=S) groups is 1. The minimum absolute atomic E-state index is 0.0878. The number of hydrogen-bond donors (Lipinski definition) is 1. The molecule has 1 fully saturated rings. The lowest BCUT2D eigenvalue weighted by Gasteiger charge is -2.37. The summed E-state index contributed by atoms with van der Waals surface area (Å²) in [6.07, 6.45) is 4.37. The van der Waals surface area contributed by atoms with E-state index >= 15 is 0 Å². The van der Waals surface area contributed by atoms with Crippen molar-refractivity contribution >= 4 is 23.1 Å². The van der Waals surface area contributed by atoms with Gasteiger partial charge in [0.2, 0.25) is 5.91 Å². The van der Waals surface area contributed by atoms with Crippen LogP contribution >= 0.6 is 12.2 Å². The fourth-order valence-electron chi connectivity index (χ4n) is 3.11. The van der Waals surface area contributed by atoms with Crippen LogP contribution < -0.4 is 5.73 Å². The van der Waals surface area contributed by atoms with Crippen molar-refractivity contribution in [3.63, 3.8) is 0 Å². The smallest absolute Gasteiger partial charge is 0.225 e. The zero-order chi connectivity index (χ0) is 15.5. The van der Waals surface area contributed by atoms with Gasteiger partial charge in [-0.15, -0.1) is 0 Å². The molecule has 1 rings (SSSR count).